The largest absolute Gasteiger partial charge is 0.311 e. The standard InChI is InChI=1S/C14H18BrFN4/c1-14(2,9-5-7-10(16)8-6-9)12(17-3)11-13(15)18-19-20(11)4/h5-8,12,17H,1-4H3. The van der Waals surface area contributed by atoms with Gasteiger partial charge >= 0.3 is 0 Å². The van der Waals surface area contributed by atoms with Crippen molar-refractivity contribution in [3.8, 4) is 0 Å². The Morgan fingerprint density at radius 1 is 1.30 bits per heavy atom. The molecule has 0 aliphatic heterocycles. The Morgan fingerprint density at radius 3 is 2.35 bits per heavy atom. The van der Waals surface area contributed by atoms with Crippen molar-refractivity contribution in [2.24, 2.45) is 7.05 Å². The Labute approximate surface area is 126 Å². The molecule has 0 spiro atoms. The lowest BCUT2D eigenvalue weighted by atomic mass is 9.76. The number of aryl methyl sites for hydroxylation is 1. The van der Waals surface area contributed by atoms with E-state index in [4.69, 9.17) is 0 Å². The molecule has 20 heavy (non-hydrogen) atoms. The van der Waals surface area contributed by atoms with E-state index in [0.29, 0.717) is 0 Å². The highest BCUT2D eigenvalue weighted by Gasteiger charge is 2.35. The molecule has 2 aromatic rings. The minimum atomic E-state index is -0.250. The molecule has 0 fully saturated rings. The van der Waals surface area contributed by atoms with Gasteiger partial charge in [-0.15, -0.1) is 5.10 Å². The van der Waals surface area contributed by atoms with Gasteiger partial charge in [-0.2, -0.15) is 0 Å². The highest BCUT2D eigenvalue weighted by atomic mass is 79.9. The van der Waals surface area contributed by atoms with Gasteiger partial charge in [0.05, 0.1) is 11.7 Å². The fraction of sp³-hybridized carbons (Fsp3) is 0.429. The van der Waals surface area contributed by atoms with Gasteiger partial charge in [-0.05, 0) is 40.7 Å². The molecule has 2 rings (SSSR count). The molecule has 1 aromatic heterocycles. The molecule has 1 aromatic carbocycles. The van der Waals surface area contributed by atoms with Crippen molar-refractivity contribution in [1.82, 2.24) is 20.3 Å². The second kappa shape index (κ2) is 5.61. The zero-order chi connectivity index (χ0) is 14.9. The first-order chi connectivity index (χ1) is 9.37. The van der Waals surface area contributed by atoms with E-state index in [9.17, 15) is 4.39 Å². The van der Waals surface area contributed by atoms with Crippen LogP contribution in [-0.2, 0) is 12.5 Å². The van der Waals surface area contributed by atoms with Gasteiger partial charge in [0.1, 0.15) is 5.82 Å². The van der Waals surface area contributed by atoms with E-state index in [0.717, 1.165) is 15.9 Å². The molecule has 0 aliphatic rings. The number of hydrogen-bond acceptors (Lipinski definition) is 3. The number of nitrogens with one attached hydrogen (secondary N) is 1. The first-order valence-corrected chi connectivity index (χ1v) is 7.15. The molecule has 0 bridgehead atoms. The minimum Gasteiger partial charge on any atom is -0.311 e. The maximum absolute atomic E-state index is 13.1. The molecule has 6 heteroatoms. The summed E-state index contributed by atoms with van der Waals surface area (Å²) in [5.41, 5.74) is 1.76. The van der Waals surface area contributed by atoms with E-state index < -0.39 is 0 Å². The maximum Gasteiger partial charge on any atom is 0.153 e. The second-order valence-electron chi connectivity index (χ2n) is 5.34. The molecule has 1 N–H and O–H groups in total. The Morgan fingerprint density at radius 2 is 1.90 bits per heavy atom. The fourth-order valence-corrected chi connectivity index (χ4v) is 3.09. The zero-order valence-electron chi connectivity index (χ0n) is 12.0. The SMILES string of the molecule is CNC(c1c(Br)nnn1C)C(C)(C)c1ccc(F)cc1. The van der Waals surface area contributed by atoms with Crippen molar-refractivity contribution in [3.63, 3.8) is 0 Å². The van der Waals surface area contributed by atoms with Gasteiger partial charge in [-0.25, -0.2) is 9.07 Å². The van der Waals surface area contributed by atoms with Crippen molar-refractivity contribution < 1.29 is 4.39 Å². The predicted molar refractivity (Wildman–Crippen MR) is 79.9 cm³/mol. The summed E-state index contributed by atoms with van der Waals surface area (Å²) in [5.74, 6) is -0.228. The molecule has 0 saturated carbocycles. The first-order valence-electron chi connectivity index (χ1n) is 6.36. The van der Waals surface area contributed by atoms with Crippen LogP contribution in [0, 0.1) is 5.82 Å². The summed E-state index contributed by atoms with van der Waals surface area (Å²) in [7, 11) is 3.76. The molecule has 1 heterocycles. The van der Waals surface area contributed by atoms with Crippen molar-refractivity contribution in [1.29, 1.82) is 0 Å². The van der Waals surface area contributed by atoms with Crippen molar-refractivity contribution in [3.05, 3.63) is 45.9 Å². The maximum atomic E-state index is 13.1. The summed E-state index contributed by atoms with van der Waals surface area (Å²) < 4.78 is 15.6. The Hall–Kier alpha value is -1.27. The summed E-state index contributed by atoms with van der Waals surface area (Å²) in [5, 5.41) is 11.4. The van der Waals surface area contributed by atoms with Crippen LogP contribution in [-0.4, -0.2) is 22.0 Å². The highest BCUT2D eigenvalue weighted by Crippen LogP contribution is 2.38. The summed E-state index contributed by atoms with van der Waals surface area (Å²) >= 11 is 3.44. The molecule has 108 valence electrons. The van der Waals surface area contributed by atoms with Crippen molar-refractivity contribution in [2.75, 3.05) is 7.05 Å². The van der Waals surface area contributed by atoms with E-state index in [-0.39, 0.29) is 17.3 Å². The van der Waals surface area contributed by atoms with Gasteiger partial charge < -0.3 is 5.32 Å². The van der Waals surface area contributed by atoms with Gasteiger partial charge in [0.15, 0.2) is 4.60 Å². The normalized spacial score (nSPS) is 13.5. The monoisotopic (exact) mass is 340 g/mol. The molecule has 0 radical (unpaired) electrons. The van der Waals surface area contributed by atoms with Gasteiger partial charge in [0.25, 0.3) is 0 Å². The van der Waals surface area contributed by atoms with Crippen molar-refractivity contribution >= 4 is 15.9 Å². The van der Waals surface area contributed by atoms with E-state index in [1.54, 1.807) is 4.68 Å². The zero-order valence-corrected chi connectivity index (χ0v) is 13.6. The number of benzene rings is 1. The van der Waals surface area contributed by atoms with Crippen LogP contribution in [0.4, 0.5) is 4.39 Å². The van der Waals surface area contributed by atoms with Gasteiger partial charge in [0.2, 0.25) is 0 Å². The average Bonchev–Trinajstić information content (AvgIpc) is 2.72. The number of hydrogen-bond donors (Lipinski definition) is 1. The van der Waals surface area contributed by atoms with Crippen LogP contribution in [0.1, 0.15) is 31.1 Å². The number of aromatic nitrogens is 3. The number of rotatable bonds is 4. The van der Waals surface area contributed by atoms with Crippen LogP contribution in [0.15, 0.2) is 28.9 Å². The van der Waals surface area contributed by atoms with Crippen LogP contribution in [0.3, 0.4) is 0 Å². The summed E-state index contributed by atoms with van der Waals surface area (Å²) in [4.78, 5) is 0. The van der Waals surface area contributed by atoms with Gasteiger partial charge in [0, 0.05) is 12.5 Å². The molecule has 0 amide bonds. The van der Waals surface area contributed by atoms with Gasteiger partial charge in [-0.1, -0.05) is 31.2 Å². The molecule has 1 unspecified atom stereocenters. The smallest absolute Gasteiger partial charge is 0.153 e. The van der Waals surface area contributed by atoms with Crippen molar-refractivity contribution in [2.45, 2.75) is 25.3 Å². The van der Waals surface area contributed by atoms with E-state index in [2.05, 4.69) is 45.4 Å². The third-order valence-electron chi connectivity index (χ3n) is 3.70. The predicted octanol–water partition coefficient (Wildman–Crippen LogP) is 2.96. The lowest BCUT2D eigenvalue weighted by Gasteiger charge is -2.34. The molecule has 0 aliphatic carbocycles. The van der Waals surface area contributed by atoms with E-state index in [1.165, 1.54) is 12.1 Å². The van der Waals surface area contributed by atoms with Crippen LogP contribution in [0.25, 0.3) is 0 Å². The Kier molecular flexibility index (Phi) is 4.25. The van der Waals surface area contributed by atoms with E-state index >= 15 is 0 Å². The summed E-state index contributed by atoms with van der Waals surface area (Å²) in [6.07, 6.45) is 0. The molecule has 0 saturated heterocycles. The lowest BCUT2D eigenvalue weighted by Crippen LogP contribution is -2.37. The number of likely N-dealkylation sites (N-methyl/N-ethyl adjacent to an activating group) is 1. The topological polar surface area (TPSA) is 42.7 Å². The second-order valence-corrected chi connectivity index (χ2v) is 6.09. The summed E-state index contributed by atoms with van der Waals surface area (Å²) in [6, 6.07) is 6.59. The first kappa shape index (κ1) is 15.1. The van der Waals surface area contributed by atoms with Crippen LogP contribution >= 0.6 is 15.9 Å². The van der Waals surface area contributed by atoms with Crippen LogP contribution in [0.2, 0.25) is 0 Å². The molecule has 4 nitrogen and oxygen atoms in total. The fourth-order valence-electron chi connectivity index (χ4n) is 2.53. The van der Waals surface area contributed by atoms with Gasteiger partial charge in [-0.3, -0.25) is 0 Å². The number of halogens is 2. The molecule has 1 atom stereocenters. The third kappa shape index (κ3) is 2.62. The molecular weight excluding hydrogens is 323 g/mol. The average molecular weight is 341 g/mol. The summed E-state index contributed by atoms with van der Waals surface area (Å²) in [6.45, 7) is 4.22. The number of nitrogens with zero attached hydrogens (tertiary/aromatic N) is 3. The Bertz CT molecular complexity index is 572. The minimum absolute atomic E-state index is 0.0117. The quantitative estimate of drug-likeness (QED) is 0.930. The van der Waals surface area contributed by atoms with Crippen LogP contribution < -0.4 is 5.32 Å². The third-order valence-corrected chi connectivity index (χ3v) is 4.26. The Balaban J connectivity index is 2.47. The lowest BCUT2D eigenvalue weighted by molar-refractivity contribution is 0.349. The van der Waals surface area contributed by atoms with E-state index in [1.807, 2.05) is 26.2 Å². The van der Waals surface area contributed by atoms with Crippen LogP contribution in [0.5, 0.6) is 0 Å². The highest BCUT2D eigenvalue weighted by molar-refractivity contribution is 9.10. The molecular formula is C14H18BrFN4.